The number of hydrogen-bond donors (Lipinski definition) is 1. The molecule has 0 fully saturated rings. The van der Waals surface area contributed by atoms with Crippen LogP contribution in [0.3, 0.4) is 0 Å². The number of alkyl halides is 2. The van der Waals surface area contributed by atoms with Crippen LogP contribution in [0.25, 0.3) is 0 Å². The third-order valence-electron chi connectivity index (χ3n) is 2.73. The second-order valence-corrected chi connectivity index (χ2v) is 3.75. The zero-order valence-electron chi connectivity index (χ0n) is 8.87. The van der Waals surface area contributed by atoms with E-state index < -0.39 is 24.3 Å². The van der Waals surface area contributed by atoms with Gasteiger partial charge in [0.15, 0.2) is 6.17 Å². The van der Waals surface area contributed by atoms with Crippen molar-refractivity contribution in [2.24, 2.45) is 10.7 Å². The van der Waals surface area contributed by atoms with Gasteiger partial charge in [-0.2, -0.15) is 0 Å². The van der Waals surface area contributed by atoms with Crippen molar-refractivity contribution in [1.82, 2.24) is 0 Å². The van der Waals surface area contributed by atoms with Gasteiger partial charge in [0.05, 0.1) is 6.54 Å². The number of nitrogens with zero attached hydrogens (tertiary/aromatic N) is 1. The van der Waals surface area contributed by atoms with Crippen molar-refractivity contribution in [1.29, 1.82) is 0 Å². The van der Waals surface area contributed by atoms with E-state index in [2.05, 4.69) is 4.99 Å². The highest BCUT2D eigenvalue weighted by Crippen LogP contribution is 2.36. The number of rotatable bonds is 2. The number of nitrogens with two attached hydrogens (primary N) is 1. The highest BCUT2D eigenvalue weighted by molar-refractivity contribution is 5.73. The number of aliphatic imine (C=N–C) groups is 1. The Hall–Kier alpha value is -1.72. The van der Waals surface area contributed by atoms with Gasteiger partial charge >= 0.3 is 0 Å². The molecule has 0 radical (unpaired) electrons. The third-order valence-corrected chi connectivity index (χ3v) is 2.73. The van der Waals surface area contributed by atoms with Crippen molar-refractivity contribution >= 4 is 6.02 Å². The van der Waals surface area contributed by atoms with Crippen molar-refractivity contribution in [2.45, 2.75) is 11.8 Å². The first kappa shape index (κ1) is 11.8. The fraction of sp³-hybridized carbons (Fsp3) is 0.364. The van der Waals surface area contributed by atoms with Gasteiger partial charge in [-0.05, 0) is 6.07 Å². The number of amidine groups is 1. The molecular formula is C11H11F3N2O. The van der Waals surface area contributed by atoms with Crippen LogP contribution in [0.1, 0.15) is 5.56 Å². The van der Waals surface area contributed by atoms with Crippen molar-refractivity contribution in [3.8, 4) is 0 Å². The van der Waals surface area contributed by atoms with Crippen molar-refractivity contribution in [3.05, 3.63) is 35.6 Å². The number of benzene rings is 1. The van der Waals surface area contributed by atoms with E-state index in [9.17, 15) is 13.2 Å². The second kappa shape index (κ2) is 4.27. The lowest BCUT2D eigenvalue weighted by Crippen LogP contribution is -2.50. The predicted octanol–water partition coefficient (Wildman–Crippen LogP) is 1.67. The van der Waals surface area contributed by atoms with Crippen LogP contribution in [-0.2, 0) is 10.3 Å². The van der Waals surface area contributed by atoms with Gasteiger partial charge in [-0.25, -0.2) is 18.2 Å². The molecule has 1 aliphatic heterocycles. The monoisotopic (exact) mass is 244 g/mol. The molecule has 0 unspecified atom stereocenters. The molecule has 1 heterocycles. The van der Waals surface area contributed by atoms with E-state index >= 15 is 0 Å². The van der Waals surface area contributed by atoms with Crippen LogP contribution in [-0.4, -0.2) is 25.4 Å². The first-order chi connectivity index (χ1) is 8.10. The molecule has 2 rings (SSSR count). The average molecular weight is 244 g/mol. The average Bonchev–Trinajstić information content (AvgIpc) is 2.33. The standard InChI is InChI=1S/C11H11F3N2O/c12-6-11(7-3-1-2-4-8(7)13)9(14)5-16-10(15)17-11/h1-4,9H,5-6H2,(H2,15,16)/t9-,11-/m1/s1. The molecule has 1 aliphatic rings. The summed E-state index contributed by atoms with van der Waals surface area (Å²) in [6.45, 7) is -1.56. The molecule has 2 N–H and O–H groups in total. The van der Waals surface area contributed by atoms with Crippen molar-refractivity contribution < 1.29 is 17.9 Å². The van der Waals surface area contributed by atoms with Gasteiger partial charge in [0, 0.05) is 5.56 Å². The smallest absolute Gasteiger partial charge is 0.283 e. The minimum Gasteiger partial charge on any atom is -0.448 e. The Morgan fingerprint density at radius 3 is 2.82 bits per heavy atom. The third kappa shape index (κ3) is 1.83. The van der Waals surface area contributed by atoms with Gasteiger partial charge in [-0.15, -0.1) is 0 Å². The summed E-state index contributed by atoms with van der Waals surface area (Å²) in [4.78, 5) is 3.52. The Balaban J connectivity index is 2.51. The van der Waals surface area contributed by atoms with Crippen LogP contribution in [0.2, 0.25) is 0 Å². The zero-order valence-corrected chi connectivity index (χ0v) is 8.87. The SMILES string of the molecule is NC1=NC[C@@H](F)[C@@](CF)(c2ccccc2F)O1. The Bertz CT molecular complexity index is 452. The molecule has 0 saturated heterocycles. The maximum Gasteiger partial charge on any atom is 0.283 e. The normalized spacial score (nSPS) is 28.4. The van der Waals surface area contributed by atoms with E-state index in [0.717, 1.165) is 6.07 Å². The fourth-order valence-corrected chi connectivity index (χ4v) is 1.81. The molecule has 92 valence electrons. The van der Waals surface area contributed by atoms with Gasteiger partial charge < -0.3 is 10.5 Å². The molecule has 0 aliphatic carbocycles. The van der Waals surface area contributed by atoms with Crippen molar-refractivity contribution in [2.75, 3.05) is 13.2 Å². The minimum absolute atomic E-state index is 0.187. The summed E-state index contributed by atoms with van der Waals surface area (Å²) in [6.07, 6.45) is -1.78. The Morgan fingerprint density at radius 1 is 1.47 bits per heavy atom. The van der Waals surface area contributed by atoms with Crippen LogP contribution >= 0.6 is 0 Å². The molecule has 0 bridgehead atoms. The Kier molecular flexibility index (Phi) is 2.95. The highest BCUT2D eigenvalue weighted by atomic mass is 19.1. The highest BCUT2D eigenvalue weighted by Gasteiger charge is 2.48. The lowest BCUT2D eigenvalue weighted by Gasteiger charge is -2.36. The summed E-state index contributed by atoms with van der Waals surface area (Å²) >= 11 is 0. The van der Waals surface area contributed by atoms with E-state index in [4.69, 9.17) is 10.5 Å². The lowest BCUT2D eigenvalue weighted by atomic mass is 9.88. The summed E-state index contributed by atoms with van der Waals surface area (Å²) in [5.41, 5.74) is 3.09. The molecule has 0 amide bonds. The summed E-state index contributed by atoms with van der Waals surface area (Å²) in [5, 5.41) is 0. The summed E-state index contributed by atoms with van der Waals surface area (Å²) in [7, 11) is 0. The van der Waals surface area contributed by atoms with Crippen LogP contribution in [0, 0.1) is 5.82 Å². The maximum absolute atomic E-state index is 13.8. The number of halogens is 3. The quantitative estimate of drug-likeness (QED) is 0.860. The van der Waals surface area contributed by atoms with Gasteiger partial charge in [0.1, 0.15) is 12.5 Å². The number of ether oxygens (including phenoxy) is 1. The Labute approximate surface area is 96.1 Å². The summed E-state index contributed by atoms with van der Waals surface area (Å²) in [5.74, 6) is -0.734. The van der Waals surface area contributed by atoms with E-state index in [1.54, 1.807) is 0 Å². The van der Waals surface area contributed by atoms with Crippen LogP contribution < -0.4 is 5.73 Å². The summed E-state index contributed by atoms with van der Waals surface area (Å²) < 4.78 is 45.6. The topological polar surface area (TPSA) is 47.6 Å². The predicted molar refractivity (Wildman–Crippen MR) is 56.5 cm³/mol. The van der Waals surface area contributed by atoms with E-state index in [0.29, 0.717) is 0 Å². The van der Waals surface area contributed by atoms with Gasteiger partial charge in [0.25, 0.3) is 6.02 Å². The van der Waals surface area contributed by atoms with Gasteiger partial charge in [-0.1, -0.05) is 18.2 Å². The molecule has 0 spiro atoms. The molecule has 0 saturated carbocycles. The van der Waals surface area contributed by atoms with Crippen LogP contribution in [0.15, 0.2) is 29.3 Å². The summed E-state index contributed by atoms with van der Waals surface area (Å²) in [6, 6.07) is 4.97. The Morgan fingerprint density at radius 2 is 2.18 bits per heavy atom. The first-order valence-electron chi connectivity index (χ1n) is 5.04. The zero-order chi connectivity index (χ0) is 12.5. The molecule has 0 aromatic heterocycles. The fourth-order valence-electron chi connectivity index (χ4n) is 1.81. The molecular weight excluding hydrogens is 233 g/mol. The maximum atomic E-state index is 13.8. The van der Waals surface area contributed by atoms with E-state index in [-0.39, 0.29) is 18.1 Å². The molecule has 1 aromatic rings. The molecule has 6 heteroatoms. The lowest BCUT2D eigenvalue weighted by molar-refractivity contribution is -0.0562. The van der Waals surface area contributed by atoms with Crippen molar-refractivity contribution in [3.63, 3.8) is 0 Å². The first-order valence-corrected chi connectivity index (χ1v) is 5.04. The molecule has 3 nitrogen and oxygen atoms in total. The van der Waals surface area contributed by atoms with Crippen LogP contribution in [0.4, 0.5) is 13.2 Å². The van der Waals surface area contributed by atoms with Gasteiger partial charge in [0.2, 0.25) is 5.60 Å². The minimum atomic E-state index is -2.03. The largest absolute Gasteiger partial charge is 0.448 e. The van der Waals surface area contributed by atoms with Gasteiger partial charge in [-0.3, -0.25) is 0 Å². The molecule has 17 heavy (non-hydrogen) atoms. The number of hydrogen-bond acceptors (Lipinski definition) is 3. The van der Waals surface area contributed by atoms with E-state index in [1.165, 1.54) is 18.2 Å². The molecule has 2 atom stereocenters. The molecule has 1 aromatic carbocycles. The van der Waals surface area contributed by atoms with Crippen LogP contribution in [0.5, 0.6) is 0 Å². The second-order valence-electron chi connectivity index (χ2n) is 3.75. The van der Waals surface area contributed by atoms with E-state index in [1.807, 2.05) is 0 Å².